The molecule has 0 amide bonds. The number of pyridine rings is 1. The lowest BCUT2D eigenvalue weighted by atomic mass is 9.85. The summed E-state index contributed by atoms with van der Waals surface area (Å²) in [5.74, 6) is -0.703. The van der Waals surface area contributed by atoms with Gasteiger partial charge >= 0.3 is 7.12 Å². The van der Waals surface area contributed by atoms with Crippen LogP contribution in [0.3, 0.4) is 0 Å². The maximum Gasteiger partial charge on any atom is 0.511 e. The second-order valence-electron chi connectivity index (χ2n) is 2.19. The molecule has 1 heterocycles. The molecule has 11 heavy (non-hydrogen) atoms. The first kappa shape index (κ1) is 8.16. The number of hydrogen-bond donors (Lipinski definition) is 2. The van der Waals surface area contributed by atoms with Crippen molar-refractivity contribution in [3.05, 3.63) is 23.6 Å². The number of aryl methyl sites for hydroxylation is 1. The highest BCUT2D eigenvalue weighted by molar-refractivity contribution is 6.57. The van der Waals surface area contributed by atoms with Crippen LogP contribution in [0.1, 0.15) is 5.69 Å². The Hall–Kier alpha value is -0.935. The number of aromatic nitrogens is 1. The predicted molar refractivity (Wildman–Crippen MR) is 38.8 cm³/mol. The molecule has 0 aromatic carbocycles. The van der Waals surface area contributed by atoms with Gasteiger partial charge in [0.05, 0.1) is 0 Å². The Morgan fingerprint density at radius 3 is 2.55 bits per heavy atom. The third kappa shape index (κ3) is 1.75. The SMILES string of the molecule is Cc1ccc(F)c(B(O)O)n1. The van der Waals surface area contributed by atoms with Crippen molar-refractivity contribution in [1.82, 2.24) is 4.98 Å². The van der Waals surface area contributed by atoms with E-state index in [1.807, 2.05) is 0 Å². The molecule has 58 valence electrons. The molecule has 0 aliphatic carbocycles. The predicted octanol–water partition coefficient (Wildman–Crippen LogP) is -0.791. The molecule has 0 aliphatic rings. The van der Waals surface area contributed by atoms with Gasteiger partial charge in [-0.15, -0.1) is 0 Å². The summed E-state index contributed by atoms with van der Waals surface area (Å²) in [5, 5.41) is 17.2. The Bertz CT molecular complexity index is 267. The summed E-state index contributed by atoms with van der Waals surface area (Å²) >= 11 is 0. The fraction of sp³-hybridized carbons (Fsp3) is 0.167. The molecular weight excluding hydrogens is 148 g/mol. The van der Waals surface area contributed by atoms with E-state index >= 15 is 0 Å². The zero-order valence-corrected chi connectivity index (χ0v) is 5.95. The van der Waals surface area contributed by atoms with Crippen molar-refractivity contribution in [2.24, 2.45) is 0 Å². The van der Waals surface area contributed by atoms with Gasteiger partial charge in [-0.2, -0.15) is 0 Å². The first-order chi connectivity index (χ1) is 5.11. The van der Waals surface area contributed by atoms with Gasteiger partial charge in [0.15, 0.2) is 0 Å². The Morgan fingerprint density at radius 2 is 2.09 bits per heavy atom. The quantitative estimate of drug-likeness (QED) is 0.522. The highest BCUT2D eigenvalue weighted by Crippen LogP contribution is 1.94. The first-order valence-electron chi connectivity index (χ1n) is 3.10. The fourth-order valence-electron chi connectivity index (χ4n) is 0.741. The van der Waals surface area contributed by atoms with Crippen LogP contribution in [0, 0.1) is 12.7 Å². The Labute approximate surface area is 63.7 Å². The molecule has 0 saturated carbocycles. The lowest BCUT2D eigenvalue weighted by Crippen LogP contribution is -2.35. The van der Waals surface area contributed by atoms with E-state index < -0.39 is 12.9 Å². The van der Waals surface area contributed by atoms with Crippen LogP contribution in [0.15, 0.2) is 12.1 Å². The summed E-state index contributed by atoms with van der Waals surface area (Å²) in [6.07, 6.45) is 0. The van der Waals surface area contributed by atoms with Crippen LogP contribution in [-0.2, 0) is 0 Å². The number of hydrogen-bond acceptors (Lipinski definition) is 3. The molecule has 0 unspecified atom stereocenters. The van der Waals surface area contributed by atoms with Crippen LogP contribution in [0.2, 0.25) is 0 Å². The smallest absolute Gasteiger partial charge is 0.422 e. The van der Waals surface area contributed by atoms with Crippen LogP contribution in [0.4, 0.5) is 4.39 Å². The van der Waals surface area contributed by atoms with E-state index in [1.165, 1.54) is 6.07 Å². The first-order valence-corrected chi connectivity index (χ1v) is 3.10. The van der Waals surface area contributed by atoms with Crippen molar-refractivity contribution in [2.75, 3.05) is 0 Å². The summed E-state index contributed by atoms with van der Waals surface area (Å²) in [4.78, 5) is 3.60. The molecule has 2 N–H and O–H groups in total. The van der Waals surface area contributed by atoms with Gasteiger partial charge in [-0.25, -0.2) is 4.39 Å². The lowest BCUT2D eigenvalue weighted by molar-refractivity contribution is 0.421. The molecule has 3 nitrogen and oxygen atoms in total. The average Bonchev–Trinajstić information content (AvgIpc) is 1.94. The second kappa shape index (κ2) is 2.98. The zero-order chi connectivity index (χ0) is 8.43. The summed E-state index contributed by atoms with van der Waals surface area (Å²) in [6, 6.07) is 2.61. The van der Waals surface area contributed by atoms with Crippen LogP contribution in [-0.4, -0.2) is 22.2 Å². The minimum Gasteiger partial charge on any atom is -0.422 e. The molecule has 0 fully saturated rings. The van der Waals surface area contributed by atoms with Crippen molar-refractivity contribution in [2.45, 2.75) is 6.92 Å². The van der Waals surface area contributed by atoms with E-state index in [4.69, 9.17) is 10.0 Å². The minimum atomic E-state index is -1.84. The fourth-order valence-corrected chi connectivity index (χ4v) is 0.741. The molecule has 0 radical (unpaired) electrons. The highest BCUT2D eigenvalue weighted by Gasteiger charge is 2.17. The van der Waals surface area contributed by atoms with E-state index in [-0.39, 0.29) is 5.59 Å². The number of halogens is 1. The van der Waals surface area contributed by atoms with E-state index in [9.17, 15) is 4.39 Å². The highest BCUT2D eigenvalue weighted by atomic mass is 19.1. The van der Waals surface area contributed by atoms with E-state index in [1.54, 1.807) is 6.92 Å². The third-order valence-corrected chi connectivity index (χ3v) is 1.26. The molecule has 1 aromatic rings. The molecule has 0 spiro atoms. The number of rotatable bonds is 1. The number of nitrogens with zero attached hydrogens (tertiary/aromatic N) is 1. The molecule has 0 aliphatic heterocycles. The Balaban J connectivity index is 3.13. The van der Waals surface area contributed by atoms with Gasteiger partial charge in [-0.05, 0) is 19.1 Å². The molecule has 5 heteroatoms. The summed E-state index contributed by atoms with van der Waals surface area (Å²) < 4.78 is 12.6. The monoisotopic (exact) mass is 155 g/mol. The lowest BCUT2D eigenvalue weighted by Gasteiger charge is -2.00. The Kier molecular flexibility index (Phi) is 2.21. The van der Waals surface area contributed by atoms with Crippen LogP contribution in [0.25, 0.3) is 0 Å². The van der Waals surface area contributed by atoms with Gasteiger partial charge in [0.25, 0.3) is 0 Å². The van der Waals surface area contributed by atoms with Crippen LogP contribution < -0.4 is 5.59 Å². The summed E-state index contributed by atoms with van der Waals surface area (Å²) in [6.45, 7) is 1.64. The van der Waals surface area contributed by atoms with Crippen LogP contribution >= 0.6 is 0 Å². The van der Waals surface area contributed by atoms with Crippen LogP contribution in [0.5, 0.6) is 0 Å². The topological polar surface area (TPSA) is 53.4 Å². The summed E-state index contributed by atoms with van der Waals surface area (Å²) in [7, 11) is -1.84. The maximum absolute atomic E-state index is 12.6. The van der Waals surface area contributed by atoms with Crippen molar-refractivity contribution in [1.29, 1.82) is 0 Å². The summed E-state index contributed by atoms with van der Waals surface area (Å²) in [5.41, 5.74) is 0.222. The van der Waals surface area contributed by atoms with Gasteiger partial charge < -0.3 is 10.0 Å². The van der Waals surface area contributed by atoms with Crippen molar-refractivity contribution < 1.29 is 14.4 Å². The third-order valence-electron chi connectivity index (χ3n) is 1.26. The second-order valence-corrected chi connectivity index (χ2v) is 2.19. The largest absolute Gasteiger partial charge is 0.511 e. The molecule has 1 aromatic heterocycles. The molecule has 0 saturated heterocycles. The van der Waals surface area contributed by atoms with Gasteiger partial charge in [-0.3, -0.25) is 4.98 Å². The van der Waals surface area contributed by atoms with Crippen molar-refractivity contribution in [3.63, 3.8) is 0 Å². The Morgan fingerprint density at radius 1 is 1.45 bits per heavy atom. The van der Waals surface area contributed by atoms with Gasteiger partial charge in [0, 0.05) is 5.69 Å². The van der Waals surface area contributed by atoms with Gasteiger partial charge in [0.1, 0.15) is 11.4 Å². The molecule has 1 rings (SSSR count). The van der Waals surface area contributed by atoms with Gasteiger partial charge in [0.2, 0.25) is 0 Å². The normalized spacial score (nSPS) is 9.82. The minimum absolute atomic E-state index is 0.329. The standard InChI is InChI=1S/C6H7BFNO2/c1-4-2-3-5(8)6(9-4)7(10)11/h2-3,10-11H,1H3. The van der Waals surface area contributed by atoms with Crippen molar-refractivity contribution >= 4 is 12.7 Å². The van der Waals surface area contributed by atoms with E-state index in [2.05, 4.69) is 4.98 Å². The average molecular weight is 155 g/mol. The van der Waals surface area contributed by atoms with Gasteiger partial charge in [-0.1, -0.05) is 0 Å². The van der Waals surface area contributed by atoms with E-state index in [0.717, 1.165) is 6.07 Å². The molecule has 0 bridgehead atoms. The maximum atomic E-state index is 12.6. The van der Waals surface area contributed by atoms with Crippen molar-refractivity contribution in [3.8, 4) is 0 Å². The van der Waals surface area contributed by atoms with E-state index in [0.29, 0.717) is 5.69 Å². The molecule has 0 atom stereocenters. The molecular formula is C6H7BFNO2. The zero-order valence-electron chi connectivity index (χ0n) is 5.95.